The second-order valence-corrected chi connectivity index (χ2v) is 2.97. The molecule has 0 atom stereocenters. The zero-order valence-electron chi connectivity index (χ0n) is 9.10. The van der Waals surface area contributed by atoms with E-state index in [9.17, 15) is 9.59 Å². The van der Waals surface area contributed by atoms with Crippen LogP contribution in [0.2, 0.25) is 0 Å². The Morgan fingerprint density at radius 3 is 2.31 bits per heavy atom. The Labute approximate surface area is 92.0 Å². The van der Waals surface area contributed by atoms with E-state index in [1.165, 1.54) is 25.0 Å². The summed E-state index contributed by atoms with van der Waals surface area (Å²) < 4.78 is 10.4. The first kappa shape index (κ1) is 11.8. The van der Waals surface area contributed by atoms with Crippen molar-refractivity contribution in [2.75, 3.05) is 14.2 Å². The predicted molar refractivity (Wildman–Crippen MR) is 52.8 cm³/mol. The fraction of sp³-hybridized carbons (Fsp3) is 0.300. The van der Waals surface area contributed by atoms with E-state index in [1.807, 2.05) is 6.07 Å². The monoisotopic (exact) mass is 222 g/mol. The van der Waals surface area contributed by atoms with E-state index in [4.69, 9.17) is 5.26 Å². The Morgan fingerprint density at radius 2 is 1.88 bits per heavy atom. The second-order valence-electron chi connectivity index (χ2n) is 2.97. The van der Waals surface area contributed by atoms with Gasteiger partial charge in [0.15, 0.2) is 0 Å². The summed E-state index contributed by atoms with van der Waals surface area (Å²) in [4.78, 5) is 22.8. The number of hydrogen-bond acceptors (Lipinski definition) is 5. The molecular formula is C10H10N2O4. The van der Waals surface area contributed by atoms with E-state index in [0.29, 0.717) is 0 Å². The summed E-state index contributed by atoms with van der Waals surface area (Å²) in [6.45, 7) is 0. The van der Waals surface area contributed by atoms with Gasteiger partial charge in [0.25, 0.3) is 0 Å². The Kier molecular flexibility index (Phi) is 3.30. The molecule has 1 rings (SSSR count). The predicted octanol–water partition coefficient (Wildman–Crippen LogP) is 0.470. The number of ether oxygens (including phenoxy) is 2. The van der Waals surface area contributed by atoms with Crippen molar-refractivity contribution in [2.24, 2.45) is 7.05 Å². The van der Waals surface area contributed by atoms with Crippen LogP contribution in [-0.4, -0.2) is 30.7 Å². The van der Waals surface area contributed by atoms with E-state index >= 15 is 0 Å². The Balaban J connectivity index is 3.46. The number of carbonyl (C=O) groups is 2. The van der Waals surface area contributed by atoms with Crippen LogP contribution in [0.5, 0.6) is 0 Å². The van der Waals surface area contributed by atoms with E-state index in [2.05, 4.69) is 9.47 Å². The van der Waals surface area contributed by atoms with Gasteiger partial charge >= 0.3 is 11.9 Å². The van der Waals surface area contributed by atoms with Crippen LogP contribution in [0.25, 0.3) is 0 Å². The van der Waals surface area contributed by atoms with Crippen molar-refractivity contribution in [3.05, 3.63) is 23.0 Å². The second kappa shape index (κ2) is 4.49. The van der Waals surface area contributed by atoms with Crippen LogP contribution in [0.15, 0.2) is 6.20 Å². The van der Waals surface area contributed by atoms with Gasteiger partial charge in [0.1, 0.15) is 17.3 Å². The van der Waals surface area contributed by atoms with E-state index < -0.39 is 11.9 Å². The van der Waals surface area contributed by atoms with Gasteiger partial charge in [-0.1, -0.05) is 0 Å². The van der Waals surface area contributed by atoms with Crippen molar-refractivity contribution < 1.29 is 19.1 Å². The smallest absolute Gasteiger partial charge is 0.341 e. The molecule has 0 unspecified atom stereocenters. The topological polar surface area (TPSA) is 81.3 Å². The molecule has 0 fully saturated rings. The van der Waals surface area contributed by atoms with Gasteiger partial charge in [-0.15, -0.1) is 0 Å². The molecule has 0 saturated heterocycles. The number of aryl methyl sites for hydroxylation is 1. The molecule has 0 bridgehead atoms. The molecule has 1 aromatic rings. The van der Waals surface area contributed by atoms with E-state index in [1.54, 1.807) is 7.05 Å². The molecule has 0 N–H and O–H groups in total. The summed E-state index contributed by atoms with van der Waals surface area (Å²) in [6.07, 6.45) is 1.36. The van der Waals surface area contributed by atoms with Gasteiger partial charge in [-0.2, -0.15) is 5.26 Å². The van der Waals surface area contributed by atoms with Gasteiger partial charge in [-0.3, -0.25) is 0 Å². The van der Waals surface area contributed by atoms with Crippen molar-refractivity contribution in [1.29, 1.82) is 5.26 Å². The third-order valence-electron chi connectivity index (χ3n) is 2.08. The largest absolute Gasteiger partial charge is 0.465 e. The molecule has 0 radical (unpaired) electrons. The van der Waals surface area contributed by atoms with Gasteiger partial charge < -0.3 is 14.0 Å². The number of methoxy groups -OCH3 is 2. The first-order chi connectivity index (χ1) is 7.56. The lowest BCUT2D eigenvalue weighted by Crippen LogP contribution is -2.10. The minimum atomic E-state index is -0.738. The fourth-order valence-electron chi connectivity index (χ4n) is 1.33. The van der Waals surface area contributed by atoms with Crippen LogP contribution in [0.4, 0.5) is 0 Å². The number of carbonyl (C=O) groups excluding carboxylic acids is 2. The fourth-order valence-corrected chi connectivity index (χ4v) is 1.33. The van der Waals surface area contributed by atoms with Gasteiger partial charge in [-0.25, -0.2) is 9.59 Å². The van der Waals surface area contributed by atoms with Crippen molar-refractivity contribution >= 4 is 11.9 Å². The maximum Gasteiger partial charge on any atom is 0.341 e. The molecule has 0 aliphatic heterocycles. The third-order valence-corrected chi connectivity index (χ3v) is 2.08. The van der Waals surface area contributed by atoms with Crippen molar-refractivity contribution in [3.8, 4) is 6.07 Å². The molecule has 0 aromatic carbocycles. The molecule has 16 heavy (non-hydrogen) atoms. The van der Waals surface area contributed by atoms with Gasteiger partial charge in [-0.05, 0) is 0 Å². The zero-order chi connectivity index (χ0) is 12.3. The standard InChI is InChI=1S/C10H10N2O4/c1-12-5-6(9(13)15-2)8(7(12)4-11)10(14)16-3/h5H,1-3H3. The minimum Gasteiger partial charge on any atom is -0.465 e. The summed E-state index contributed by atoms with van der Waals surface area (Å²) in [7, 11) is 3.93. The van der Waals surface area contributed by atoms with Crippen molar-refractivity contribution in [2.45, 2.75) is 0 Å². The minimum absolute atomic E-state index is 0.0217. The van der Waals surface area contributed by atoms with Crippen molar-refractivity contribution in [1.82, 2.24) is 4.57 Å². The highest BCUT2D eigenvalue weighted by molar-refractivity contribution is 6.04. The van der Waals surface area contributed by atoms with E-state index in [0.717, 1.165) is 0 Å². The Hall–Kier alpha value is -2.29. The molecule has 1 heterocycles. The van der Waals surface area contributed by atoms with Crippen LogP contribution in [-0.2, 0) is 16.5 Å². The van der Waals surface area contributed by atoms with Crippen LogP contribution in [0, 0.1) is 11.3 Å². The molecule has 0 aliphatic rings. The highest BCUT2D eigenvalue weighted by Crippen LogP contribution is 2.18. The zero-order valence-corrected chi connectivity index (χ0v) is 9.10. The first-order valence-corrected chi connectivity index (χ1v) is 4.32. The summed E-state index contributed by atoms with van der Waals surface area (Å²) in [6, 6.07) is 1.83. The van der Waals surface area contributed by atoms with Crippen LogP contribution < -0.4 is 0 Å². The summed E-state index contributed by atoms with van der Waals surface area (Å²) in [5.41, 5.74) is 0.0139. The lowest BCUT2D eigenvalue weighted by molar-refractivity contribution is 0.0556. The number of nitrogens with zero attached hydrogens (tertiary/aromatic N) is 2. The average Bonchev–Trinajstić information content (AvgIpc) is 2.63. The molecule has 84 valence electrons. The molecule has 6 nitrogen and oxygen atoms in total. The molecule has 6 heteroatoms. The first-order valence-electron chi connectivity index (χ1n) is 4.32. The lowest BCUT2D eigenvalue weighted by Gasteiger charge is -2.00. The Morgan fingerprint density at radius 1 is 1.31 bits per heavy atom. The molecule has 0 saturated carbocycles. The van der Waals surface area contributed by atoms with Crippen LogP contribution >= 0.6 is 0 Å². The lowest BCUT2D eigenvalue weighted by atomic mass is 10.1. The quantitative estimate of drug-likeness (QED) is 0.679. The van der Waals surface area contributed by atoms with Crippen molar-refractivity contribution in [3.63, 3.8) is 0 Å². The van der Waals surface area contributed by atoms with Gasteiger partial charge in [0, 0.05) is 13.2 Å². The highest BCUT2D eigenvalue weighted by atomic mass is 16.5. The normalized spacial score (nSPS) is 9.38. The molecule has 0 aliphatic carbocycles. The highest BCUT2D eigenvalue weighted by Gasteiger charge is 2.26. The van der Waals surface area contributed by atoms with E-state index in [-0.39, 0.29) is 16.8 Å². The third kappa shape index (κ3) is 1.75. The number of nitriles is 1. The van der Waals surface area contributed by atoms with Crippen LogP contribution in [0.1, 0.15) is 26.4 Å². The number of aromatic nitrogens is 1. The summed E-state index contributed by atoms with van der Waals surface area (Å²) >= 11 is 0. The molecular weight excluding hydrogens is 212 g/mol. The summed E-state index contributed by atoms with van der Waals surface area (Å²) in [5, 5.41) is 8.88. The number of rotatable bonds is 2. The average molecular weight is 222 g/mol. The summed E-state index contributed by atoms with van der Waals surface area (Å²) in [5.74, 6) is -1.42. The molecule has 0 amide bonds. The van der Waals surface area contributed by atoms with Crippen LogP contribution in [0.3, 0.4) is 0 Å². The maximum atomic E-state index is 11.5. The maximum absolute atomic E-state index is 11.5. The van der Waals surface area contributed by atoms with Gasteiger partial charge in [0.2, 0.25) is 0 Å². The Bertz CT molecular complexity index is 482. The number of hydrogen-bond donors (Lipinski definition) is 0. The molecule has 1 aromatic heterocycles. The van der Waals surface area contributed by atoms with Gasteiger partial charge in [0.05, 0.1) is 19.8 Å². The SMILES string of the molecule is COC(=O)c1cn(C)c(C#N)c1C(=O)OC. The molecule has 0 spiro atoms. The number of esters is 2.